The lowest BCUT2D eigenvalue weighted by Gasteiger charge is -2.07. The summed E-state index contributed by atoms with van der Waals surface area (Å²) >= 11 is 0. The van der Waals surface area contributed by atoms with Crippen molar-refractivity contribution in [2.75, 3.05) is 12.4 Å². The van der Waals surface area contributed by atoms with E-state index in [0.717, 1.165) is 0 Å². The molecule has 0 heterocycles. The Hall–Kier alpha value is -1.54. The molecule has 0 amide bonds. The van der Waals surface area contributed by atoms with Gasteiger partial charge in [0.15, 0.2) is 21.5 Å². The van der Waals surface area contributed by atoms with Crippen molar-refractivity contribution in [2.45, 2.75) is 17.7 Å². The summed E-state index contributed by atoms with van der Waals surface area (Å²) in [6.45, 7) is -0.221. The van der Waals surface area contributed by atoms with Crippen LogP contribution in [0.25, 0.3) is 0 Å². The van der Waals surface area contributed by atoms with Gasteiger partial charge in [0.25, 0.3) is 0 Å². The highest BCUT2D eigenvalue weighted by Gasteiger charge is 2.24. The smallest absolute Gasteiger partial charge is 0.335 e. The van der Waals surface area contributed by atoms with Gasteiger partial charge in [0.2, 0.25) is 0 Å². The van der Waals surface area contributed by atoms with Gasteiger partial charge in [0, 0.05) is 6.61 Å². The van der Waals surface area contributed by atoms with E-state index in [0.29, 0.717) is 12.1 Å². The quantitative estimate of drug-likeness (QED) is 0.769. The predicted molar refractivity (Wildman–Crippen MR) is 61.7 cm³/mol. The van der Waals surface area contributed by atoms with Gasteiger partial charge in [0.1, 0.15) is 4.90 Å². The summed E-state index contributed by atoms with van der Waals surface area (Å²) in [4.78, 5) is 9.72. The lowest BCUT2D eigenvalue weighted by Crippen LogP contribution is -2.12. The Bertz CT molecular complexity index is 583. The Morgan fingerprint density at radius 2 is 1.84 bits per heavy atom. The van der Waals surface area contributed by atoms with Crippen LogP contribution in [0, 0.1) is 11.6 Å². The normalized spacial score (nSPS) is 11.5. The van der Waals surface area contributed by atoms with Crippen LogP contribution in [-0.2, 0) is 9.84 Å². The van der Waals surface area contributed by atoms with Crippen molar-refractivity contribution in [3.05, 3.63) is 29.3 Å². The average Bonchev–Trinajstić information content (AvgIpc) is 2.32. The first-order chi connectivity index (χ1) is 8.79. The van der Waals surface area contributed by atoms with Gasteiger partial charge in [0.05, 0.1) is 11.3 Å². The number of carboxylic acids is 1. The summed E-state index contributed by atoms with van der Waals surface area (Å²) < 4.78 is 50.2. The number of hydrogen-bond acceptors (Lipinski definition) is 4. The minimum atomic E-state index is -4.13. The summed E-state index contributed by atoms with van der Waals surface area (Å²) in [5.41, 5.74) is -0.639. The van der Waals surface area contributed by atoms with E-state index < -0.39 is 43.7 Å². The predicted octanol–water partition coefficient (Wildman–Crippen LogP) is 1.21. The third-order valence-corrected chi connectivity index (χ3v) is 4.19. The second kappa shape index (κ2) is 6.07. The molecule has 8 heteroatoms. The van der Waals surface area contributed by atoms with Crippen LogP contribution in [-0.4, -0.2) is 37.0 Å². The first-order valence-corrected chi connectivity index (χ1v) is 7.01. The molecule has 19 heavy (non-hydrogen) atoms. The topological polar surface area (TPSA) is 91.7 Å². The van der Waals surface area contributed by atoms with Crippen LogP contribution < -0.4 is 0 Å². The first-order valence-electron chi connectivity index (χ1n) is 5.35. The molecule has 0 atom stereocenters. The third kappa shape index (κ3) is 3.71. The number of benzene rings is 1. The molecule has 0 saturated heterocycles. The van der Waals surface area contributed by atoms with Gasteiger partial charge in [-0.3, -0.25) is 0 Å². The summed E-state index contributed by atoms with van der Waals surface area (Å²) in [5.74, 6) is -5.16. The maximum atomic E-state index is 13.5. The molecule has 1 aromatic rings. The van der Waals surface area contributed by atoms with E-state index in [4.69, 9.17) is 10.2 Å². The number of hydrogen-bond donors (Lipinski definition) is 2. The molecule has 106 valence electrons. The maximum Gasteiger partial charge on any atom is 0.335 e. The van der Waals surface area contributed by atoms with Gasteiger partial charge in [-0.25, -0.2) is 22.0 Å². The molecule has 0 saturated carbocycles. The Morgan fingerprint density at radius 1 is 1.21 bits per heavy atom. The van der Waals surface area contributed by atoms with Gasteiger partial charge in [-0.2, -0.15) is 0 Å². The van der Waals surface area contributed by atoms with E-state index in [1.54, 1.807) is 0 Å². The monoisotopic (exact) mass is 294 g/mol. The number of sulfone groups is 1. The number of aromatic carboxylic acids is 1. The van der Waals surface area contributed by atoms with Crippen molar-refractivity contribution in [1.82, 2.24) is 0 Å². The summed E-state index contributed by atoms with van der Waals surface area (Å²) in [7, 11) is -4.13. The number of carboxylic acid groups (broad SMARTS) is 1. The van der Waals surface area contributed by atoms with Crippen LogP contribution in [0.3, 0.4) is 0 Å². The number of aliphatic hydroxyl groups is 1. The number of carbonyl (C=O) groups is 1. The molecule has 0 aliphatic heterocycles. The second-order valence-electron chi connectivity index (χ2n) is 3.82. The summed E-state index contributed by atoms with van der Waals surface area (Å²) in [6, 6.07) is 1.01. The zero-order valence-corrected chi connectivity index (χ0v) is 10.6. The van der Waals surface area contributed by atoms with Crippen LogP contribution in [0.5, 0.6) is 0 Å². The minimum absolute atomic E-state index is 0.0667. The molecule has 1 aromatic carbocycles. The zero-order valence-electron chi connectivity index (χ0n) is 9.77. The van der Waals surface area contributed by atoms with E-state index in [-0.39, 0.29) is 19.4 Å². The largest absolute Gasteiger partial charge is 0.478 e. The molecule has 0 bridgehead atoms. The van der Waals surface area contributed by atoms with Crippen molar-refractivity contribution in [2.24, 2.45) is 0 Å². The van der Waals surface area contributed by atoms with Crippen molar-refractivity contribution in [3.63, 3.8) is 0 Å². The molecule has 1 rings (SSSR count). The lowest BCUT2D eigenvalue weighted by atomic mass is 10.2. The maximum absolute atomic E-state index is 13.5. The molecule has 0 aromatic heterocycles. The van der Waals surface area contributed by atoms with Gasteiger partial charge in [-0.15, -0.1) is 0 Å². The SMILES string of the molecule is O=C(O)c1cc(F)c(F)c(S(=O)(=O)CCCCO)c1. The average molecular weight is 294 g/mol. The van der Waals surface area contributed by atoms with Gasteiger partial charge < -0.3 is 10.2 Å². The standard InChI is InChI=1S/C11H12F2O5S/c12-8-5-7(11(15)16)6-9(10(8)13)19(17,18)4-2-1-3-14/h5-6,14H,1-4H2,(H,15,16). The van der Waals surface area contributed by atoms with Crippen LogP contribution in [0.4, 0.5) is 8.78 Å². The highest BCUT2D eigenvalue weighted by atomic mass is 32.2. The molecular weight excluding hydrogens is 282 g/mol. The van der Waals surface area contributed by atoms with E-state index in [2.05, 4.69) is 0 Å². The lowest BCUT2D eigenvalue weighted by molar-refractivity contribution is 0.0696. The molecular formula is C11H12F2O5S. The summed E-state index contributed by atoms with van der Waals surface area (Å²) in [6.07, 6.45) is 0.263. The zero-order chi connectivity index (χ0) is 14.6. The Morgan fingerprint density at radius 3 is 2.37 bits per heavy atom. The van der Waals surface area contributed by atoms with Crippen LogP contribution in [0.15, 0.2) is 17.0 Å². The highest BCUT2D eigenvalue weighted by molar-refractivity contribution is 7.91. The van der Waals surface area contributed by atoms with E-state index in [1.165, 1.54) is 0 Å². The fourth-order valence-corrected chi connectivity index (χ4v) is 2.91. The Kier molecular flexibility index (Phi) is 4.96. The van der Waals surface area contributed by atoms with E-state index in [9.17, 15) is 22.0 Å². The number of aliphatic hydroxyl groups excluding tert-OH is 1. The van der Waals surface area contributed by atoms with Crippen LogP contribution >= 0.6 is 0 Å². The highest BCUT2D eigenvalue weighted by Crippen LogP contribution is 2.22. The number of halogens is 2. The fraction of sp³-hybridized carbons (Fsp3) is 0.364. The van der Waals surface area contributed by atoms with Crippen molar-refractivity contribution >= 4 is 15.8 Å². The Balaban J connectivity index is 3.21. The molecule has 0 fully saturated rings. The first kappa shape index (κ1) is 15.5. The summed E-state index contributed by atoms with van der Waals surface area (Å²) in [5, 5.41) is 17.2. The molecule has 2 N–H and O–H groups in total. The van der Waals surface area contributed by atoms with Crippen molar-refractivity contribution in [3.8, 4) is 0 Å². The molecule has 0 aliphatic rings. The fourth-order valence-electron chi connectivity index (χ4n) is 1.43. The minimum Gasteiger partial charge on any atom is -0.478 e. The molecule has 0 spiro atoms. The molecule has 5 nitrogen and oxygen atoms in total. The second-order valence-corrected chi connectivity index (χ2v) is 5.90. The molecule has 0 aliphatic carbocycles. The molecule has 0 radical (unpaired) electrons. The van der Waals surface area contributed by atoms with Gasteiger partial charge in [-0.05, 0) is 25.0 Å². The van der Waals surface area contributed by atoms with Crippen LogP contribution in [0.2, 0.25) is 0 Å². The van der Waals surface area contributed by atoms with E-state index in [1.807, 2.05) is 0 Å². The van der Waals surface area contributed by atoms with Crippen LogP contribution in [0.1, 0.15) is 23.2 Å². The van der Waals surface area contributed by atoms with Crippen molar-refractivity contribution in [1.29, 1.82) is 0 Å². The van der Waals surface area contributed by atoms with Gasteiger partial charge in [-0.1, -0.05) is 0 Å². The van der Waals surface area contributed by atoms with E-state index >= 15 is 0 Å². The van der Waals surface area contributed by atoms with Crippen molar-refractivity contribution < 1.29 is 32.2 Å². The Labute approximate surface area is 108 Å². The number of unbranched alkanes of at least 4 members (excludes halogenated alkanes) is 1. The number of rotatable bonds is 6. The molecule has 0 unspecified atom stereocenters. The van der Waals surface area contributed by atoms with Gasteiger partial charge >= 0.3 is 5.97 Å². The third-order valence-electron chi connectivity index (χ3n) is 2.40.